The smallest absolute Gasteiger partial charge is 0.350 e. The Morgan fingerprint density at radius 2 is 1.79 bits per heavy atom. The van der Waals surface area contributed by atoms with Gasteiger partial charge in [0.2, 0.25) is 5.91 Å². The normalized spacial score (nSPS) is 16.4. The van der Waals surface area contributed by atoms with E-state index in [1.807, 2.05) is 24.3 Å². The number of aromatic nitrogens is 2. The first-order valence-corrected chi connectivity index (χ1v) is 15.4. The number of benzene rings is 2. The van der Waals surface area contributed by atoms with Gasteiger partial charge in [-0.05, 0) is 68.5 Å². The fourth-order valence-electron chi connectivity index (χ4n) is 4.99. The number of sulfonamides is 1. The summed E-state index contributed by atoms with van der Waals surface area (Å²) in [7, 11) is -3.97. The molecule has 2 aromatic carbocycles. The van der Waals surface area contributed by atoms with E-state index in [-0.39, 0.29) is 35.0 Å². The van der Waals surface area contributed by atoms with Crippen LogP contribution in [0.3, 0.4) is 0 Å². The van der Waals surface area contributed by atoms with Crippen molar-refractivity contribution in [1.82, 2.24) is 18.8 Å². The van der Waals surface area contributed by atoms with Gasteiger partial charge in [0.15, 0.2) is 0 Å². The molecule has 1 fully saturated rings. The molecule has 14 heteroatoms. The van der Waals surface area contributed by atoms with E-state index >= 15 is 0 Å². The lowest BCUT2D eigenvalue weighted by Gasteiger charge is -2.23. The Labute approximate surface area is 242 Å². The Hall–Kier alpha value is -3.75. The van der Waals surface area contributed by atoms with Crippen LogP contribution in [0, 0.1) is 0 Å². The highest BCUT2D eigenvalue weighted by Crippen LogP contribution is 2.34. The molecule has 0 radical (unpaired) electrons. The number of carbonyl (C=O) groups is 1. The molecular formula is C28H27F3N4O5S2. The minimum atomic E-state index is -4.56. The molecule has 1 N–H and O–H groups in total. The van der Waals surface area contributed by atoms with Crippen LogP contribution in [0.1, 0.15) is 43.9 Å². The van der Waals surface area contributed by atoms with Gasteiger partial charge in [0.1, 0.15) is 10.3 Å². The molecule has 0 bridgehead atoms. The molecule has 1 saturated heterocycles. The second-order valence-electron chi connectivity index (χ2n) is 10.2. The number of halogens is 3. The van der Waals surface area contributed by atoms with Gasteiger partial charge in [0, 0.05) is 30.0 Å². The molecule has 4 aromatic rings. The Morgan fingerprint density at radius 3 is 2.43 bits per heavy atom. The number of rotatable bonds is 7. The third kappa shape index (κ3) is 5.53. The SMILES string of the molecule is CC(C)n1c(=O)c(CNC(=O)[C@@H]2CCCN2S(=O)(=O)c2cc3ccccc3s2)cn(-c2ccc(C(F)(F)F)cc2)c1=O. The monoisotopic (exact) mass is 620 g/mol. The highest BCUT2D eigenvalue weighted by molar-refractivity contribution is 7.91. The summed E-state index contributed by atoms with van der Waals surface area (Å²) in [6.45, 7) is 3.06. The number of hydrogen-bond acceptors (Lipinski definition) is 6. The number of alkyl halides is 3. The number of hydrogen-bond donors (Lipinski definition) is 1. The van der Waals surface area contributed by atoms with E-state index in [2.05, 4.69) is 5.32 Å². The summed E-state index contributed by atoms with van der Waals surface area (Å²) in [5, 5.41) is 3.42. The van der Waals surface area contributed by atoms with Gasteiger partial charge >= 0.3 is 11.9 Å². The number of fused-ring (bicyclic) bond motifs is 1. The van der Waals surface area contributed by atoms with Crippen molar-refractivity contribution >= 4 is 37.4 Å². The van der Waals surface area contributed by atoms with Crippen molar-refractivity contribution in [3.8, 4) is 5.69 Å². The van der Waals surface area contributed by atoms with E-state index in [1.54, 1.807) is 19.9 Å². The van der Waals surface area contributed by atoms with Gasteiger partial charge in [-0.2, -0.15) is 17.5 Å². The lowest BCUT2D eigenvalue weighted by Crippen LogP contribution is -2.47. The van der Waals surface area contributed by atoms with Crippen LogP contribution in [0.2, 0.25) is 0 Å². The molecule has 0 aliphatic carbocycles. The van der Waals surface area contributed by atoms with Gasteiger partial charge in [-0.3, -0.25) is 18.7 Å². The van der Waals surface area contributed by atoms with Crippen LogP contribution in [-0.2, 0) is 27.5 Å². The van der Waals surface area contributed by atoms with Gasteiger partial charge in [-0.1, -0.05) is 18.2 Å². The Morgan fingerprint density at radius 1 is 1.10 bits per heavy atom. The molecule has 0 saturated carbocycles. The van der Waals surface area contributed by atoms with E-state index < -0.39 is 51.0 Å². The summed E-state index contributed by atoms with van der Waals surface area (Å²) < 4.78 is 70.2. The van der Waals surface area contributed by atoms with Crippen LogP contribution in [0.15, 0.2) is 74.6 Å². The quantitative estimate of drug-likeness (QED) is 0.332. The molecule has 2 aromatic heterocycles. The summed E-state index contributed by atoms with van der Waals surface area (Å²) in [5.74, 6) is -0.597. The van der Waals surface area contributed by atoms with Gasteiger partial charge in [-0.25, -0.2) is 13.2 Å². The molecular weight excluding hydrogens is 593 g/mol. The average Bonchev–Trinajstić information content (AvgIpc) is 3.61. The molecule has 9 nitrogen and oxygen atoms in total. The van der Waals surface area contributed by atoms with Crippen LogP contribution in [-0.4, -0.2) is 40.4 Å². The highest BCUT2D eigenvalue weighted by Gasteiger charge is 2.40. The molecule has 1 aliphatic rings. The molecule has 1 aliphatic heterocycles. The van der Waals surface area contributed by atoms with E-state index in [9.17, 15) is 36.0 Å². The number of nitrogens with one attached hydrogen (secondary N) is 1. The minimum absolute atomic E-state index is 0.00783. The van der Waals surface area contributed by atoms with E-state index in [4.69, 9.17) is 0 Å². The number of amides is 1. The predicted molar refractivity (Wildman–Crippen MR) is 152 cm³/mol. The summed E-state index contributed by atoms with van der Waals surface area (Å²) in [5.41, 5.74) is -2.20. The zero-order valence-electron chi connectivity index (χ0n) is 22.6. The highest BCUT2D eigenvalue weighted by atomic mass is 32.2. The lowest BCUT2D eigenvalue weighted by molar-refractivity contribution is -0.137. The molecule has 42 heavy (non-hydrogen) atoms. The third-order valence-electron chi connectivity index (χ3n) is 7.11. The van der Waals surface area contributed by atoms with Crippen LogP contribution < -0.4 is 16.6 Å². The Balaban J connectivity index is 1.41. The maximum absolute atomic E-state index is 13.5. The number of thiophene rings is 1. The number of carbonyl (C=O) groups excluding carboxylic acids is 1. The van der Waals surface area contributed by atoms with Gasteiger partial charge < -0.3 is 5.32 Å². The van der Waals surface area contributed by atoms with Crippen LogP contribution in [0.5, 0.6) is 0 Å². The fraction of sp³-hybridized carbons (Fsp3) is 0.321. The minimum Gasteiger partial charge on any atom is -0.350 e. The molecule has 1 amide bonds. The molecule has 0 spiro atoms. The lowest BCUT2D eigenvalue weighted by atomic mass is 10.2. The van der Waals surface area contributed by atoms with Crippen molar-refractivity contribution in [3.63, 3.8) is 0 Å². The molecule has 5 rings (SSSR count). The van der Waals surface area contributed by atoms with Crippen molar-refractivity contribution < 1.29 is 26.4 Å². The van der Waals surface area contributed by atoms with E-state index in [0.29, 0.717) is 6.42 Å². The Kier molecular flexibility index (Phi) is 7.89. The summed E-state index contributed by atoms with van der Waals surface area (Å²) in [6, 6.07) is 11.2. The van der Waals surface area contributed by atoms with Crippen molar-refractivity contribution in [2.24, 2.45) is 0 Å². The topological polar surface area (TPSA) is 110 Å². The molecule has 1 atom stereocenters. The maximum atomic E-state index is 13.5. The van der Waals surface area contributed by atoms with Crippen molar-refractivity contribution in [2.75, 3.05) is 6.54 Å². The molecule has 222 valence electrons. The third-order valence-corrected chi connectivity index (χ3v) is 10.6. The summed E-state index contributed by atoms with van der Waals surface area (Å²) in [4.78, 5) is 39.5. The first kappa shape index (κ1) is 29.7. The zero-order chi connectivity index (χ0) is 30.4. The first-order chi connectivity index (χ1) is 19.8. The fourth-order valence-corrected chi connectivity index (χ4v) is 8.17. The van der Waals surface area contributed by atoms with Gasteiger partial charge in [-0.15, -0.1) is 11.3 Å². The molecule has 3 heterocycles. The maximum Gasteiger partial charge on any atom is 0.416 e. The zero-order valence-corrected chi connectivity index (χ0v) is 24.2. The second kappa shape index (κ2) is 11.2. The summed E-state index contributed by atoms with van der Waals surface area (Å²) in [6.07, 6.45) is -2.61. The Bertz CT molecular complexity index is 1840. The van der Waals surface area contributed by atoms with E-state index in [1.165, 1.54) is 10.5 Å². The van der Waals surface area contributed by atoms with Crippen molar-refractivity contribution in [1.29, 1.82) is 0 Å². The van der Waals surface area contributed by atoms with Gasteiger partial charge in [0.25, 0.3) is 15.6 Å². The van der Waals surface area contributed by atoms with Crippen molar-refractivity contribution in [3.05, 3.63) is 92.8 Å². The van der Waals surface area contributed by atoms with Crippen LogP contribution >= 0.6 is 11.3 Å². The van der Waals surface area contributed by atoms with Crippen molar-refractivity contribution in [2.45, 2.75) is 55.7 Å². The molecule has 0 unspecified atom stereocenters. The standard InChI is InChI=1S/C28H27F3N4O5S2/c1-17(2)35-26(37)19(16-33(27(35)38)21-11-9-20(10-12-21)28(29,30)31)15-32-25(36)22-7-5-13-34(22)42(39,40)24-14-18-6-3-4-8-23(18)41-24/h3-4,6,8-12,14,16-17,22H,5,7,13,15H2,1-2H3,(H,32,36)/t22-/m0/s1. The number of nitrogens with zero attached hydrogens (tertiary/aromatic N) is 3. The average molecular weight is 621 g/mol. The second-order valence-corrected chi connectivity index (χ2v) is 13.4. The van der Waals surface area contributed by atoms with E-state index in [0.717, 1.165) is 54.8 Å². The van der Waals surface area contributed by atoms with Crippen LogP contribution in [0.4, 0.5) is 13.2 Å². The largest absolute Gasteiger partial charge is 0.416 e. The summed E-state index contributed by atoms with van der Waals surface area (Å²) >= 11 is 1.12. The van der Waals surface area contributed by atoms with Crippen LogP contribution in [0.25, 0.3) is 15.8 Å². The first-order valence-electron chi connectivity index (χ1n) is 13.1. The van der Waals surface area contributed by atoms with Gasteiger partial charge in [0.05, 0.1) is 16.8 Å². The predicted octanol–water partition coefficient (Wildman–Crippen LogP) is 4.28.